The molecular formula is C19H37N2. The van der Waals surface area contributed by atoms with Gasteiger partial charge in [0.1, 0.15) is 0 Å². The first-order chi connectivity index (χ1) is 10.4. The lowest BCUT2D eigenvalue weighted by molar-refractivity contribution is 0.202. The summed E-state index contributed by atoms with van der Waals surface area (Å²) in [4.78, 5) is 5.37. The number of nitrogens with zero attached hydrogens (tertiary/aromatic N) is 2. The highest BCUT2D eigenvalue weighted by Crippen LogP contribution is 2.24. The van der Waals surface area contributed by atoms with Crippen LogP contribution in [0.3, 0.4) is 0 Å². The second-order valence-electron chi connectivity index (χ2n) is 7.17. The van der Waals surface area contributed by atoms with E-state index in [1.165, 1.54) is 103 Å². The van der Waals surface area contributed by atoms with E-state index < -0.39 is 0 Å². The Bertz CT molecular complexity index is 242. The fraction of sp³-hybridized carbons (Fsp3) is 0.947. The molecule has 2 fully saturated rings. The van der Waals surface area contributed by atoms with Gasteiger partial charge in [-0.1, -0.05) is 32.6 Å². The summed E-state index contributed by atoms with van der Waals surface area (Å²) >= 11 is 0. The number of likely N-dealkylation sites (tertiary alicyclic amines) is 1. The molecule has 0 atom stereocenters. The van der Waals surface area contributed by atoms with Crippen molar-refractivity contribution in [1.82, 2.24) is 9.80 Å². The van der Waals surface area contributed by atoms with E-state index in [2.05, 4.69) is 23.1 Å². The van der Waals surface area contributed by atoms with Crippen LogP contribution < -0.4 is 0 Å². The normalized spacial score (nSPS) is 22.0. The van der Waals surface area contributed by atoms with Crippen molar-refractivity contribution in [3.8, 4) is 0 Å². The van der Waals surface area contributed by atoms with Gasteiger partial charge in [-0.15, -0.1) is 0 Å². The number of hydrogen-bond acceptors (Lipinski definition) is 2. The lowest BCUT2D eigenvalue weighted by atomic mass is 9.89. The first-order valence-electron chi connectivity index (χ1n) is 9.65. The molecule has 1 radical (unpaired) electrons. The Morgan fingerprint density at radius 2 is 1.76 bits per heavy atom. The Morgan fingerprint density at radius 1 is 1.00 bits per heavy atom. The zero-order valence-electron chi connectivity index (χ0n) is 14.4. The van der Waals surface area contributed by atoms with Gasteiger partial charge in [0.25, 0.3) is 0 Å². The number of rotatable bonds is 9. The molecule has 1 aliphatic carbocycles. The van der Waals surface area contributed by atoms with Crippen LogP contribution in [0.15, 0.2) is 0 Å². The van der Waals surface area contributed by atoms with Crippen LogP contribution in [0.2, 0.25) is 0 Å². The van der Waals surface area contributed by atoms with E-state index >= 15 is 0 Å². The molecule has 0 aromatic heterocycles. The summed E-state index contributed by atoms with van der Waals surface area (Å²) in [6, 6.07) is 0. The monoisotopic (exact) mass is 293 g/mol. The molecule has 1 saturated heterocycles. The van der Waals surface area contributed by atoms with Gasteiger partial charge in [-0.2, -0.15) is 0 Å². The standard InChI is InChI=1S/C19H37N2/c1-2-20(18-19-12-6-3-7-13-19)14-8-4-9-15-21-16-10-5-11-17-21/h5,19H,2-4,6-18H2,1H3. The van der Waals surface area contributed by atoms with E-state index in [1.807, 2.05) is 0 Å². The van der Waals surface area contributed by atoms with Gasteiger partial charge in [-0.25, -0.2) is 0 Å². The van der Waals surface area contributed by atoms with Crippen LogP contribution >= 0.6 is 0 Å². The quantitative estimate of drug-likeness (QED) is 0.583. The summed E-state index contributed by atoms with van der Waals surface area (Å²) in [7, 11) is 0. The summed E-state index contributed by atoms with van der Waals surface area (Å²) in [5, 5.41) is 0. The smallest absolute Gasteiger partial charge is 0.000954 e. The van der Waals surface area contributed by atoms with Crippen LogP contribution in [-0.2, 0) is 0 Å². The zero-order chi connectivity index (χ0) is 14.8. The minimum Gasteiger partial charge on any atom is -0.303 e. The Morgan fingerprint density at radius 3 is 2.48 bits per heavy atom. The second-order valence-corrected chi connectivity index (χ2v) is 7.17. The fourth-order valence-corrected chi connectivity index (χ4v) is 3.99. The highest BCUT2D eigenvalue weighted by molar-refractivity contribution is 4.76. The molecule has 1 aliphatic heterocycles. The largest absolute Gasteiger partial charge is 0.303 e. The van der Waals surface area contributed by atoms with Crippen molar-refractivity contribution in [2.45, 2.75) is 71.1 Å². The molecule has 2 nitrogen and oxygen atoms in total. The van der Waals surface area contributed by atoms with Crippen molar-refractivity contribution >= 4 is 0 Å². The van der Waals surface area contributed by atoms with Crippen LogP contribution in [0, 0.1) is 12.3 Å². The summed E-state index contributed by atoms with van der Waals surface area (Å²) < 4.78 is 0. The Kier molecular flexibility index (Phi) is 8.73. The summed E-state index contributed by atoms with van der Waals surface area (Å²) in [5.74, 6) is 1.00. The first kappa shape index (κ1) is 17.3. The third-order valence-electron chi connectivity index (χ3n) is 5.44. The molecule has 0 N–H and O–H groups in total. The van der Waals surface area contributed by atoms with Crippen LogP contribution in [0.1, 0.15) is 71.1 Å². The van der Waals surface area contributed by atoms with Gasteiger partial charge < -0.3 is 9.80 Å². The number of hydrogen-bond donors (Lipinski definition) is 0. The molecular weight excluding hydrogens is 256 g/mol. The van der Waals surface area contributed by atoms with Crippen LogP contribution in [-0.4, -0.2) is 49.1 Å². The average molecular weight is 294 g/mol. The molecule has 0 unspecified atom stereocenters. The van der Waals surface area contributed by atoms with Gasteiger partial charge >= 0.3 is 0 Å². The Balaban J connectivity index is 1.49. The van der Waals surface area contributed by atoms with Gasteiger partial charge in [0, 0.05) is 6.54 Å². The van der Waals surface area contributed by atoms with Crippen LogP contribution in [0.5, 0.6) is 0 Å². The van der Waals surface area contributed by atoms with E-state index in [4.69, 9.17) is 0 Å². The van der Waals surface area contributed by atoms with Crippen molar-refractivity contribution in [3.63, 3.8) is 0 Å². The maximum atomic E-state index is 2.71. The van der Waals surface area contributed by atoms with Crippen molar-refractivity contribution in [2.24, 2.45) is 5.92 Å². The van der Waals surface area contributed by atoms with E-state index in [-0.39, 0.29) is 0 Å². The van der Waals surface area contributed by atoms with E-state index in [0.717, 1.165) is 5.92 Å². The minimum absolute atomic E-state index is 1.00. The van der Waals surface area contributed by atoms with E-state index in [1.54, 1.807) is 0 Å². The predicted octanol–water partition coefficient (Wildman–Crippen LogP) is 4.36. The molecule has 2 heteroatoms. The topological polar surface area (TPSA) is 6.48 Å². The van der Waals surface area contributed by atoms with Gasteiger partial charge in [-0.3, -0.25) is 0 Å². The molecule has 2 aliphatic rings. The molecule has 1 heterocycles. The van der Waals surface area contributed by atoms with Crippen molar-refractivity contribution < 1.29 is 0 Å². The van der Waals surface area contributed by atoms with Crippen molar-refractivity contribution in [3.05, 3.63) is 6.42 Å². The molecule has 0 bridgehead atoms. The highest BCUT2D eigenvalue weighted by Gasteiger charge is 2.16. The summed E-state index contributed by atoms with van der Waals surface area (Å²) in [6.45, 7) is 10.2. The molecule has 0 aromatic rings. The third kappa shape index (κ3) is 7.15. The fourth-order valence-electron chi connectivity index (χ4n) is 3.99. The molecule has 0 amide bonds. The lowest BCUT2D eigenvalue weighted by Crippen LogP contribution is -2.32. The second kappa shape index (κ2) is 10.6. The predicted molar refractivity (Wildman–Crippen MR) is 92.5 cm³/mol. The van der Waals surface area contributed by atoms with Gasteiger partial charge in [0.05, 0.1) is 0 Å². The van der Waals surface area contributed by atoms with E-state index in [0.29, 0.717) is 0 Å². The van der Waals surface area contributed by atoms with Crippen LogP contribution in [0.4, 0.5) is 0 Å². The molecule has 123 valence electrons. The first-order valence-corrected chi connectivity index (χ1v) is 9.65. The minimum atomic E-state index is 1.00. The Labute approximate surface area is 133 Å². The van der Waals surface area contributed by atoms with Crippen LogP contribution in [0.25, 0.3) is 0 Å². The van der Waals surface area contributed by atoms with Gasteiger partial charge in [-0.05, 0) is 83.6 Å². The maximum absolute atomic E-state index is 2.71. The SMILES string of the molecule is CCN(CCCCCN1CC[CH]CC1)CC1CCCCC1. The van der Waals surface area contributed by atoms with E-state index in [9.17, 15) is 0 Å². The third-order valence-corrected chi connectivity index (χ3v) is 5.44. The van der Waals surface area contributed by atoms with Gasteiger partial charge in [0.2, 0.25) is 0 Å². The zero-order valence-corrected chi connectivity index (χ0v) is 14.4. The molecule has 21 heavy (non-hydrogen) atoms. The summed E-state index contributed by atoms with van der Waals surface area (Å²) in [6.07, 6.45) is 16.7. The number of unbranched alkanes of at least 4 members (excludes halogenated alkanes) is 2. The Hall–Kier alpha value is -0.0800. The summed E-state index contributed by atoms with van der Waals surface area (Å²) in [5.41, 5.74) is 0. The molecule has 2 rings (SSSR count). The van der Waals surface area contributed by atoms with Gasteiger partial charge in [0.15, 0.2) is 0 Å². The van der Waals surface area contributed by atoms with Crippen molar-refractivity contribution in [2.75, 3.05) is 39.3 Å². The molecule has 0 spiro atoms. The maximum Gasteiger partial charge on any atom is 0.000954 e. The lowest BCUT2D eigenvalue weighted by Gasteiger charge is -2.29. The van der Waals surface area contributed by atoms with Crippen molar-refractivity contribution in [1.29, 1.82) is 0 Å². The molecule has 1 saturated carbocycles. The highest BCUT2D eigenvalue weighted by atomic mass is 15.1. The molecule has 0 aromatic carbocycles. The average Bonchev–Trinajstić information content (AvgIpc) is 2.55. The number of piperidine rings is 1.